The number of methoxy groups -OCH3 is 1. The van der Waals surface area contributed by atoms with Crippen LogP contribution in [-0.2, 0) is 33.6 Å². The molecule has 6 nitrogen and oxygen atoms in total. The van der Waals surface area contributed by atoms with Crippen LogP contribution in [0.15, 0.2) is 83.8 Å². The van der Waals surface area contributed by atoms with E-state index in [1.165, 1.54) is 30.2 Å². The van der Waals surface area contributed by atoms with Crippen LogP contribution in [0.1, 0.15) is 50.0 Å². The highest BCUT2D eigenvalue weighted by molar-refractivity contribution is 8.00. The third-order valence-corrected chi connectivity index (χ3v) is 9.49. The fraction of sp³-hybridized carbons (Fsp3) is 0.219. The third kappa shape index (κ3) is 7.19. The summed E-state index contributed by atoms with van der Waals surface area (Å²) >= 11 is 8.80. The Morgan fingerprint density at radius 3 is 2.46 bits per heavy atom. The molecule has 0 saturated heterocycles. The highest BCUT2D eigenvalue weighted by Gasteiger charge is 2.29. The van der Waals surface area contributed by atoms with E-state index in [-0.39, 0.29) is 18.2 Å². The molecule has 1 aliphatic rings. The van der Waals surface area contributed by atoms with E-state index in [9.17, 15) is 14.4 Å². The first kappa shape index (κ1) is 28.9. The van der Waals surface area contributed by atoms with Gasteiger partial charge in [0.2, 0.25) is 11.8 Å². The molecule has 3 aromatic carbocycles. The molecule has 210 valence electrons. The number of thiophene rings is 1. The van der Waals surface area contributed by atoms with Gasteiger partial charge in [-0.2, -0.15) is 0 Å². The number of ether oxygens (including phenoxy) is 1. The van der Waals surface area contributed by atoms with Gasteiger partial charge in [0.05, 0.1) is 19.1 Å². The van der Waals surface area contributed by atoms with E-state index in [2.05, 4.69) is 10.6 Å². The van der Waals surface area contributed by atoms with Crippen LogP contribution in [0.5, 0.6) is 0 Å². The molecule has 41 heavy (non-hydrogen) atoms. The number of esters is 1. The van der Waals surface area contributed by atoms with Gasteiger partial charge < -0.3 is 15.4 Å². The number of thioether (sulfide) groups is 1. The second-order valence-corrected chi connectivity index (χ2v) is 12.4. The number of aryl methyl sites for hydroxylation is 1. The molecule has 1 unspecified atom stereocenters. The molecule has 5 rings (SSSR count). The van der Waals surface area contributed by atoms with Crippen molar-refractivity contribution in [3.05, 3.63) is 111 Å². The Morgan fingerprint density at radius 1 is 0.951 bits per heavy atom. The Bertz CT molecular complexity index is 1550. The molecule has 1 aliphatic carbocycles. The first-order valence-corrected chi connectivity index (χ1v) is 15.4. The van der Waals surface area contributed by atoms with Crippen LogP contribution in [0.2, 0.25) is 5.02 Å². The lowest BCUT2D eigenvalue weighted by Crippen LogP contribution is -2.20. The average Bonchev–Trinajstić information content (AvgIpc) is 3.35. The van der Waals surface area contributed by atoms with E-state index >= 15 is 0 Å². The minimum atomic E-state index is -0.596. The third-order valence-electron chi connectivity index (χ3n) is 6.79. The quantitative estimate of drug-likeness (QED) is 0.151. The predicted molar refractivity (Wildman–Crippen MR) is 166 cm³/mol. The van der Waals surface area contributed by atoms with E-state index < -0.39 is 11.2 Å². The van der Waals surface area contributed by atoms with Crippen molar-refractivity contribution in [2.24, 2.45) is 0 Å². The van der Waals surface area contributed by atoms with E-state index in [1.54, 1.807) is 12.1 Å². The number of rotatable bonds is 9. The number of amides is 2. The zero-order chi connectivity index (χ0) is 28.8. The fourth-order valence-corrected chi connectivity index (χ4v) is 7.32. The Labute approximate surface area is 252 Å². The van der Waals surface area contributed by atoms with Gasteiger partial charge in [0.15, 0.2) is 0 Å². The summed E-state index contributed by atoms with van der Waals surface area (Å²) in [6.45, 7) is 0. The Morgan fingerprint density at radius 2 is 1.71 bits per heavy atom. The summed E-state index contributed by atoms with van der Waals surface area (Å²) in [4.78, 5) is 41.2. The summed E-state index contributed by atoms with van der Waals surface area (Å²) in [7, 11) is 1.37. The molecule has 1 atom stereocenters. The number of carbonyl (C=O) groups is 3. The van der Waals surface area contributed by atoms with Crippen molar-refractivity contribution in [1.82, 2.24) is 0 Å². The van der Waals surface area contributed by atoms with Crippen LogP contribution in [0, 0.1) is 0 Å². The molecule has 0 saturated carbocycles. The number of benzene rings is 3. The topological polar surface area (TPSA) is 84.5 Å². The van der Waals surface area contributed by atoms with Gasteiger partial charge in [0, 0.05) is 20.5 Å². The van der Waals surface area contributed by atoms with Crippen molar-refractivity contribution in [2.45, 2.75) is 42.2 Å². The van der Waals surface area contributed by atoms with Crippen molar-refractivity contribution in [2.75, 3.05) is 17.7 Å². The fourth-order valence-electron chi connectivity index (χ4n) is 4.83. The zero-order valence-electron chi connectivity index (χ0n) is 22.4. The van der Waals surface area contributed by atoms with Crippen molar-refractivity contribution < 1.29 is 19.1 Å². The standard InChI is InChI=1S/C32H29ClN2O4S2/c1-39-32(38)28-25-12-5-6-13-26(25)41-31(28)35-30(37)29(21-8-3-2-4-9-21)40-24-11-7-10-23(19-24)34-27(36)18-20-14-16-22(33)17-15-20/h2-4,7-11,14-17,19,29H,5-6,12-13,18H2,1H3,(H,34,36)(H,35,37). The van der Waals surface area contributed by atoms with E-state index in [0.29, 0.717) is 21.3 Å². The second-order valence-electron chi connectivity index (χ2n) is 9.68. The Balaban J connectivity index is 1.36. The average molecular weight is 605 g/mol. The van der Waals surface area contributed by atoms with Crippen LogP contribution < -0.4 is 10.6 Å². The summed E-state index contributed by atoms with van der Waals surface area (Å²) in [5.41, 5.74) is 3.80. The van der Waals surface area contributed by atoms with Gasteiger partial charge in [-0.1, -0.05) is 60.1 Å². The van der Waals surface area contributed by atoms with Crippen LogP contribution >= 0.6 is 34.7 Å². The molecular formula is C32H29ClN2O4S2. The van der Waals surface area contributed by atoms with Gasteiger partial charge in [-0.25, -0.2) is 4.79 Å². The normalized spacial score (nSPS) is 13.1. The van der Waals surface area contributed by atoms with E-state index in [4.69, 9.17) is 16.3 Å². The molecule has 1 heterocycles. The molecule has 2 N–H and O–H groups in total. The van der Waals surface area contributed by atoms with E-state index in [1.807, 2.05) is 66.7 Å². The molecule has 0 fully saturated rings. The Kier molecular flexibility index (Phi) is 9.44. The number of anilines is 2. The lowest BCUT2D eigenvalue weighted by Gasteiger charge is -2.18. The number of nitrogens with one attached hydrogen (secondary N) is 2. The van der Waals surface area contributed by atoms with Crippen molar-refractivity contribution in [3.63, 3.8) is 0 Å². The Hall–Kier alpha value is -3.59. The van der Waals surface area contributed by atoms with Crippen molar-refractivity contribution >= 4 is 63.2 Å². The molecule has 0 aliphatic heterocycles. The number of carbonyl (C=O) groups excluding carboxylic acids is 3. The summed E-state index contributed by atoms with van der Waals surface area (Å²) in [6.07, 6.45) is 4.00. The van der Waals surface area contributed by atoms with Crippen molar-refractivity contribution in [1.29, 1.82) is 0 Å². The van der Waals surface area contributed by atoms with Gasteiger partial charge in [-0.15, -0.1) is 23.1 Å². The smallest absolute Gasteiger partial charge is 0.341 e. The minimum absolute atomic E-state index is 0.149. The van der Waals surface area contributed by atoms with Gasteiger partial charge in [-0.3, -0.25) is 9.59 Å². The number of halogens is 1. The highest BCUT2D eigenvalue weighted by atomic mass is 35.5. The number of hydrogen-bond donors (Lipinski definition) is 2. The number of hydrogen-bond acceptors (Lipinski definition) is 6. The van der Waals surface area contributed by atoms with E-state index in [0.717, 1.165) is 52.1 Å². The highest BCUT2D eigenvalue weighted by Crippen LogP contribution is 2.41. The molecule has 0 radical (unpaired) electrons. The van der Waals surface area contributed by atoms with Gasteiger partial charge in [-0.05, 0) is 72.7 Å². The van der Waals surface area contributed by atoms with Gasteiger partial charge in [0.25, 0.3) is 0 Å². The zero-order valence-corrected chi connectivity index (χ0v) is 24.8. The second kappa shape index (κ2) is 13.4. The maximum absolute atomic E-state index is 13.8. The maximum Gasteiger partial charge on any atom is 0.341 e. The molecule has 1 aromatic heterocycles. The van der Waals surface area contributed by atoms with Gasteiger partial charge in [0.1, 0.15) is 10.3 Å². The monoisotopic (exact) mass is 604 g/mol. The molecule has 4 aromatic rings. The van der Waals surface area contributed by atoms with Crippen LogP contribution in [0.3, 0.4) is 0 Å². The summed E-state index contributed by atoms with van der Waals surface area (Å²) in [5, 5.41) is 6.57. The first-order chi connectivity index (χ1) is 19.9. The van der Waals surface area contributed by atoms with Crippen LogP contribution in [0.4, 0.5) is 10.7 Å². The van der Waals surface area contributed by atoms with Crippen LogP contribution in [0.25, 0.3) is 0 Å². The summed E-state index contributed by atoms with van der Waals surface area (Å²) < 4.78 is 5.08. The lowest BCUT2D eigenvalue weighted by molar-refractivity contribution is -0.116. The number of fused-ring (bicyclic) bond motifs is 1. The van der Waals surface area contributed by atoms with Crippen LogP contribution in [-0.4, -0.2) is 24.9 Å². The predicted octanol–water partition coefficient (Wildman–Crippen LogP) is 7.72. The molecule has 0 spiro atoms. The largest absolute Gasteiger partial charge is 0.465 e. The molecular weight excluding hydrogens is 576 g/mol. The SMILES string of the molecule is COC(=O)c1c(NC(=O)C(Sc2cccc(NC(=O)Cc3ccc(Cl)cc3)c2)c2ccccc2)sc2c1CCCC2. The molecule has 2 amide bonds. The molecule has 9 heteroatoms. The summed E-state index contributed by atoms with van der Waals surface area (Å²) in [5.74, 6) is -0.809. The summed E-state index contributed by atoms with van der Waals surface area (Å²) in [6, 6.07) is 24.1. The lowest BCUT2D eigenvalue weighted by atomic mass is 9.95. The maximum atomic E-state index is 13.8. The van der Waals surface area contributed by atoms with Gasteiger partial charge >= 0.3 is 5.97 Å². The molecule has 0 bridgehead atoms. The minimum Gasteiger partial charge on any atom is -0.465 e. The first-order valence-electron chi connectivity index (χ1n) is 13.3. The van der Waals surface area contributed by atoms with Crippen molar-refractivity contribution in [3.8, 4) is 0 Å².